The van der Waals surface area contributed by atoms with Crippen LogP contribution in [0.5, 0.6) is 0 Å². The van der Waals surface area contributed by atoms with Crippen LogP contribution in [-0.2, 0) is 30.7 Å². The summed E-state index contributed by atoms with van der Waals surface area (Å²) in [5, 5.41) is 5.97. The molecule has 0 spiro atoms. The van der Waals surface area contributed by atoms with Crippen molar-refractivity contribution in [1.82, 2.24) is 5.32 Å². The molecule has 152 valence electrons. The predicted molar refractivity (Wildman–Crippen MR) is 106 cm³/mol. The molecule has 8 heteroatoms. The van der Waals surface area contributed by atoms with E-state index in [4.69, 9.17) is 9.47 Å². The molecule has 0 atom stereocenters. The van der Waals surface area contributed by atoms with E-state index in [-0.39, 0.29) is 12.8 Å². The fraction of sp³-hybridized carbons (Fsp3) is 0.632. The third-order valence-electron chi connectivity index (χ3n) is 5.06. The quantitative estimate of drug-likeness (QED) is 0.615. The first-order valence-corrected chi connectivity index (χ1v) is 11.2. The van der Waals surface area contributed by atoms with Crippen molar-refractivity contribution >= 4 is 21.4 Å². The van der Waals surface area contributed by atoms with E-state index >= 15 is 0 Å². The summed E-state index contributed by atoms with van der Waals surface area (Å²) in [6, 6.07) is 5.55. The molecule has 1 amide bonds. The SMILES string of the molecule is CCOCCOCc1cccc(NC(=O)C2(S(C)(=O)=O)CCNCC2)c1C. The summed E-state index contributed by atoms with van der Waals surface area (Å²) < 4.78 is 34.3. The van der Waals surface area contributed by atoms with Gasteiger partial charge in [-0.1, -0.05) is 12.1 Å². The molecule has 0 saturated carbocycles. The van der Waals surface area contributed by atoms with Crippen LogP contribution in [0.3, 0.4) is 0 Å². The number of amides is 1. The first-order valence-electron chi connectivity index (χ1n) is 9.27. The fourth-order valence-corrected chi connectivity index (χ4v) is 4.59. The summed E-state index contributed by atoms with van der Waals surface area (Å²) in [5.41, 5.74) is 2.44. The summed E-state index contributed by atoms with van der Waals surface area (Å²) in [5.74, 6) is -0.455. The molecule has 0 bridgehead atoms. The van der Waals surface area contributed by atoms with Crippen LogP contribution in [0.1, 0.15) is 30.9 Å². The van der Waals surface area contributed by atoms with E-state index in [1.165, 1.54) is 0 Å². The lowest BCUT2D eigenvalue weighted by Gasteiger charge is -2.34. The second-order valence-corrected chi connectivity index (χ2v) is 9.14. The molecule has 1 saturated heterocycles. The smallest absolute Gasteiger partial charge is 0.245 e. The van der Waals surface area contributed by atoms with E-state index in [0.29, 0.717) is 45.2 Å². The third-order valence-corrected chi connectivity index (χ3v) is 7.08. The van der Waals surface area contributed by atoms with Crippen molar-refractivity contribution in [2.24, 2.45) is 0 Å². The van der Waals surface area contributed by atoms with Gasteiger partial charge in [-0.05, 0) is 57.0 Å². The zero-order valence-corrected chi connectivity index (χ0v) is 17.2. The van der Waals surface area contributed by atoms with Gasteiger partial charge in [0.05, 0.1) is 19.8 Å². The van der Waals surface area contributed by atoms with E-state index < -0.39 is 20.5 Å². The third kappa shape index (κ3) is 5.28. The maximum absolute atomic E-state index is 13.0. The number of piperidine rings is 1. The van der Waals surface area contributed by atoms with Crippen molar-refractivity contribution in [2.45, 2.75) is 38.0 Å². The van der Waals surface area contributed by atoms with Gasteiger partial charge in [-0.3, -0.25) is 4.79 Å². The summed E-state index contributed by atoms with van der Waals surface area (Å²) >= 11 is 0. The van der Waals surface area contributed by atoms with Crippen molar-refractivity contribution in [3.05, 3.63) is 29.3 Å². The number of benzene rings is 1. The van der Waals surface area contributed by atoms with Gasteiger partial charge in [-0.25, -0.2) is 8.42 Å². The molecule has 7 nitrogen and oxygen atoms in total. The van der Waals surface area contributed by atoms with Crippen molar-refractivity contribution in [1.29, 1.82) is 0 Å². The van der Waals surface area contributed by atoms with Gasteiger partial charge in [0.25, 0.3) is 0 Å². The molecule has 0 aromatic heterocycles. The maximum Gasteiger partial charge on any atom is 0.245 e. The van der Waals surface area contributed by atoms with Crippen LogP contribution >= 0.6 is 0 Å². The summed E-state index contributed by atoms with van der Waals surface area (Å²) in [4.78, 5) is 13.0. The van der Waals surface area contributed by atoms with Crippen molar-refractivity contribution in [3.8, 4) is 0 Å². The highest BCUT2D eigenvalue weighted by Gasteiger charge is 2.48. The molecule has 0 aliphatic carbocycles. The first kappa shape index (κ1) is 21.8. The monoisotopic (exact) mass is 398 g/mol. The van der Waals surface area contributed by atoms with Crippen LogP contribution in [0.15, 0.2) is 18.2 Å². The van der Waals surface area contributed by atoms with E-state index in [1.54, 1.807) is 6.07 Å². The molecule has 27 heavy (non-hydrogen) atoms. The minimum Gasteiger partial charge on any atom is -0.379 e. The summed E-state index contributed by atoms with van der Waals surface area (Å²) in [6.07, 6.45) is 1.70. The molecular weight excluding hydrogens is 368 g/mol. The van der Waals surface area contributed by atoms with Gasteiger partial charge in [0.2, 0.25) is 5.91 Å². The van der Waals surface area contributed by atoms with Gasteiger partial charge < -0.3 is 20.1 Å². The Morgan fingerprint density at radius 2 is 1.89 bits per heavy atom. The Balaban J connectivity index is 2.12. The topological polar surface area (TPSA) is 93.7 Å². The lowest BCUT2D eigenvalue weighted by molar-refractivity contribution is -0.119. The van der Waals surface area contributed by atoms with Crippen LogP contribution < -0.4 is 10.6 Å². The molecule has 0 radical (unpaired) electrons. The highest BCUT2D eigenvalue weighted by molar-refractivity contribution is 7.92. The molecule has 2 rings (SSSR count). The molecule has 1 aromatic carbocycles. The fourth-order valence-electron chi connectivity index (χ4n) is 3.25. The number of anilines is 1. The molecule has 2 N–H and O–H groups in total. The molecular formula is C19H30N2O5S. The standard InChI is InChI=1S/C19H30N2O5S/c1-4-25-12-13-26-14-16-6-5-7-17(15(16)2)21-18(22)19(27(3,23)24)8-10-20-11-9-19/h5-7,20H,4,8-14H2,1-3H3,(H,21,22). The average molecular weight is 399 g/mol. The molecule has 1 aliphatic rings. The molecule has 0 unspecified atom stereocenters. The number of hydrogen-bond acceptors (Lipinski definition) is 6. The van der Waals surface area contributed by atoms with Gasteiger partial charge in [0, 0.05) is 18.6 Å². The van der Waals surface area contributed by atoms with Crippen LogP contribution in [0.4, 0.5) is 5.69 Å². The lowest BCUT2D eigenvalue weighted by atomic mass is 9.95. The maximum atomic E-state index is 13.0. The van der Waals surface area contributed by atoms with E-state index in [0.717, 1.165) is 17.4 Å². The van der Waals surface area contributed by atoms with Crippen LogP contribution in [0.25, 0.3) is 0 Å². The molecule has 1 aromatic rings. The van der Waals surface area contributed by atoms with Gasteiger partial charge in [0.1, 0.15) is 0 Å². The minimum absolute atomic E-state index is 0.275. The van der Waals surface area contributed by atoms with Crippen molar-refractivity contribution < 1.29 is 22.7 Å². The van der Waals surface area contributed by atoms with E-state index in [2.05, 4.69) is 10.6 Å². The Labute approximate surface area is 161 Å². The number of nitrogens with one attached hydrogen (secondary N) is 2. The average Bonchev–Trinajstić information content (AvgIpc) is 2.64. The highest BCUT2D eigenvalue weighted by atomic mass is 32.2. The van der Waals surface area contributed by atoms with Crippen LogP contribution in [-0.4, -0.2) is 58.2 Å². The molecule has 1 fully saturated rings. The normalized spacial score (nSPS) is 16.9. The number of rotatable bonds is 9. The van der Waals surface area contributed by atoms with Crippen molar-refractivity contribution in [3.63, 3.8) is 0 Å². The van der Waals surface area contributed by atoms with Gasteiger partial charge in [-0.2, -0.15) is 0 Å². The Morgan fingerprint density at radius 3 is 2.52 bits per heavy atom. The lowest BCUT2D eigenvalue weighted by Crippen LogP contribution is -2.55. The van der Waals surface area contributed by atoms with Gasteiger partial charge in [-0.15, -0.1) is 0 Å². The second-order valence-electron chi connectivity index (χ2n) is 6.81. The Morgan fingerprint density at radius 1 is 1.22 bits per heavy atom. The zero-order valence-electron chi connectivity index (χ0n) is 16.3. The Hall–Kier alpha value is -1.48. The van der Waals surface area contributed by atoms with Gasteiger partial charge >= 0.3 is 0 Å². The Kier molecular flexibility index (Phi) is 7.79. The number of hydrogen-bond donors (Lipinski definition) is 2. The van der Waals surface area contributed by atoms with Crippen molar-refractivity contribution in [2.75, 3.05) is 44.5 Å². The largest absolute Gasteiger partial charge is 0.379 e. The van der Waals surface area contributed by atoms with Gasteiger partial charge in [0.15, 0.2) is 14.6 Å². The van der Waals surface area contributed by atoms with E-state index in [1.807, 2.05) is 26.0 Å². The van der Waals surface area contributed by atoms with E-state index in [9.17, 15) is 13.2 Å². The molecule has 1 heterocycles. The summed E-state index contributed by atoms with van der Waals surface area (Å²) in [7, 11) is -3.54. The first-order chi connectivity index (χ1) is 12.8. The Bertz CT molecular complexity index is 742. The predicted octanol–water partition coefficient (Wildman–Crippen LogP) is 1.65. The number of carbonyl (C=O) groups is 1. The molecule has 1 aliphatic heterocycles. The number of sulfone groups is 1. The highest BCUT2D eigenvalue weighted by Crippen LogP contribution is 2.30. The zero-order chi connectivity index (χ0) is 19.9. The number of carbonyl (C=O) groups excluding carboxylic acids is 1. The van der Waals surface area contributed by atoms with Crippen LogP contribution in [0, 0.1) is 6.92 Å². The minimum atomic E-state index is -3.54. The summed E-state index contributed by atoms with van der Waals surface area (Å²) in [6.45, 7) is 6.94. The second kappa shape index (κ2) is 9.64. The number of ether oxygens (including phenoxy) is 2. The van der Waals surface area contributed by atoms with Crippen LogP contribution in [0.2, 0.25) is 0 Å².